The molecule has 0 aliphatic heterocycles. The minimum Gasteiger partial charge on any atom is -0.397 e. The van der Waals surface area contributed by atoms with Crippen molar-refractivity contribution >= 4 is 17.4 Å². The van der Waals surface area contributed by atoms with Crippen LogP contribution in [0.2, 0.25) is 0 Å². The van der Waals surface area contributed by atoms with Crippen LogP contribution in [0.25, 0.3) is 0 Å². The van der Waals surface area contributed by atoms with Gasteiger partial charge in [-0.1, -0.05) is 25.3 Å². The zero-order chi connectivity index (χ0) is 13.8. The summed E-state index contributed by atoms with van der Waals surface area (Å²) in [6.07, 6.45) is 5.85. The maximum atomic E-state index is 12.0. The van der Waals surface area contributed by atoms with Gasteiger partial charge in [0, 0.05) is 6.04 Å². The van der Waals surface area contributed by atoms with Crippen LogP contribution in [0.5, 0.6) is 0 Å². The Morgan fingerprint density at radius 2 is 1.89 bits per heavy atom. The van der Waals surface area contributed by atoms with Crippen molar-refractivity contribution in [2.75, 3.05) is 11.1 Å². The van der Waals surface area contributed by atoms with Gasteiger partial charge < -0.3 is 16.4 Å². The maximum Gasteiger partial charge on any atom is 0.319 e. The lowest BCUT2D eigenvalue weighted by Gasteiger charge is -2.23. The molecule has 1 aliphatic rings. The van der Waals surface area contributed by atoms with E-state index in [-0.39, 0.29) is 6.03 Å². The Bertz CT molecular complexity index is 465. The van der Waals surface area contributed by atoms with E-state index in [4.69, 9.17) is 5.73 Å². The summed E-state index contributed by atoms with van der Waals surface area (Å²) in [4.78, 5) is 12.0. The number of hydrogen-bond acceptors (Lipinski definition) is 2. The molecular formula is C15H23N3O. The van der Waals surface area contributed by atoms with Gasteiger partial charge in [0.15, 0.2) is 0 Å². The van der Waals surface area contributed by atoms with E-state index in [2.05, 4.69) is 10.6 Å². The fourth-order valence-corrected chi connectivity index (χ4v) is 2.58. The minimum atomic E-state index is -0.146. The van der Waals surface area contributed by atoms with Crippen LogP contribution >= 0.6 is 0 Å². The number of benzene rings is 1. The van der Waals surface area contributed by atoms with Crippen molar-refractivity contribution in [1.29, 1.82) is 0 Å². The fourth-order valence-electron chi connectivity index (χ4n) is 2.58. The molecule has 1 saturated carbocycles. The molecule has 1 aliphatic carbocycles. The molecule has 4 heteroatoms. The van der Waals surface area contributed by atoms with Gasteiger partial charge in [0.1, 0.15) is 0 Å². The zero-order valence-corrected chi connectivity index (χ0v) is 11.8. The van der Waals surface area contributed by atoms with Crippen molar-refractivity contribution in [1.82, 2.24) is 5.32 Å². The molecule has 0 bridgehead atoms. The van der Waals surface area contributed by atoms with Crippen LogP contribution in [0.15, 0.2) is 12.1 Å². The number of carbonyl (C=O) groups excluding carboxylic acids is 1. The Balaban J connectivity index is 2.00. The number of nitrogens with two attached hydrogens (primary N) is 1. The van der Waals surface area contributed by atoms with Crippen LogP contribution in [0.1, 0.15) is 43.2 Å². The van der Waals surface area contributed by atoms with Crippen LogP contribution in [0.3, 0.4) is 0 Å². The molecule has 1 fully saturated rings. The average molecular weight is 261 g/mol. The summed E-state index contributed by atoms with van der Waals surface area (Å²) < 4.78 is 0. The van der Waals surface area contributed by atoms with Crippen LogP contribution < -0.4 is 16.4 Å². The first-order valence-corrected chi connectivity index (χ1v) is 7.01. The Morgan fingerprint density at radius 1 is 1.21 bits per heavy atom. The Morgan fingerprint density at radius 3 is 2.58 bits per heavy atom. The zero-order valence-electron chi connectivity index (χ0n) is 11.8. The van der Waals surface area contributed by atoms with Crippen molar-refractivity contribution in [2.24, 2.45) is 0 Å². The van der Waals surface area contributed by atoms with Gasteiger partial charge in [-0.25, -0.2) is 4.79 Å². The molecule has 2 rings (SSSR count). The van der Waals surface area contributed by atoms with Crippen LogP contribution in [-0.4, -0.2) is 12.1 Å². The predicted molar refractivity (Wildman–Crippen MR) is 79.4 cm³/mol. The van der Waals surface area contributed by atoms with Crippen molar-refractivity contribution < 1.29 is 4.79 Å². The molecule has 104 valence electrons. The third kappa shape index (κ3) is 3.40. The van der Waals surface area contributed by atoms with Crippen molar-refractivity contribution in [3.8, 4) is 0 Å². The number of urea groups is 1. The van der Waals surface area contributed by atoms with Gasteiger partial charge in [-0.15, -0.1) is 0 Å². The lowest BCUT2D eigenvalue weighted by atomic mass is 9.96. The van der Waals surface area contributed by atoms with Crippen molar-refractivity contribution in [3.63, 3.8) is 0 Å². The molecule has 1 aromatic rings. The SMILES string of the molecule is Cc1ccc(N)c(NC(=O)NC2CCCCC2)c1C. The molecular weight excluding hydrogens is 238 g/mol. The van der Waals surface area contributed by atoms with Gasteiger partial charge >= 0.3 is 6.03 Å². The fraction of sp³-hybridized carbons (Fsp3) is 0.533. The molecule has 0 atom stereocenters. The summed E-state index contributed by atoms with van der Waals surface area (Å²) in [5.41, 5.74) is 9.43. The van der Waals surface area contributed by atoms with E-state index in [9.17, 15) is 4.79 Å². The van der Waals surface area contributed by atoms with Gasteiger partial charge in [0.25, 0.3) is 0 Å². The highest BCUT2D eigenvalue weighted by molar-refractivity contribution is 5.94. The molecule has 0 unspecified atom stereocenters. The van der Waals surface area contributed by atoms with Gasteiger partial charge in [-0.2, -0.15) is 0 Å². The molecule has 0 aromatic heterocycles. The molecule has 1 aromatic carbocycles. The number of amides is 2. The smallest absolute Gasteiger partial charge is 0.319 e. The normalized spacial score (nSPS) is 16.1. The van der Waals surface area contributed by atoms with E-state index in [0.717, 1.165) is 29.7 Å². The summed E-state index contributed by atoms with van der Waals surface area (Å²) in [6, 6.07) is 3.96. The largest absolute Gasteiger partial charge is 0.397 e. The molecule has 19 heavy (non-hydrogen) atoms. The molecule has 0 radical (unpaired) electrons. The number of nitrogen functional groups attached to an aromatic ring is 1. The Labute approximate surface area is 114 Å². The second-order valence-electron chi connectivity index (χ2n) is 5.41. The highest BCUT2D eigenvalue weighted by atomic mass is 16.2. The van der Waals surface area contributed by atoms with E-state index in [1.54, 1.807) is 0 Å². The summed E-state index contributed by atoms with van der Waals surface area (Å²) in [5.74, 6) is 0. The molecule has 4 N–H and O–H groups in total. The molecule has 0 heterocycles. The second kappa shape index (κ2) is 5.95. The van der Waals surface area contributed by atoms with Crippen molar-refractivity contribution in [3.05, 3.63) is 23.3 Å². The standard InChI is InChI=1S/C15H23N3O/c1-10-8-9-13(16)14(11(10)2)18-15(19)17-12-6-4-3-5-7-12/h8-9,12H,3-7,16H2,1-2H3,(H2,17,18,19). The van der Waals surface area contributed by atoms with Crippen molar-refractivity contribution in [2.45, 2.75) is 52.0 Å². The first-order chi connectivity index (χ1) is 9.08. The number of aryl methyl sites for hydroxylation is 1. The number of rotatable bonds is 2. The quantitative estimate of drug-likeness (QED) is 0.715. The third-order valence-electron chi connectivity index (χ3n) is 3.95. The predicted octanol–water partition coefficient (Wildman–Crippen LogP) is 3.34. The second-order valence-corrected chi connectivity index (χ2v) is 5.41. The van der Waals surface area contributed by atoms with E-state index in [0.29, 0.717) is 11.7 Å². The molecule has 4 nitrogen and oxygen atoms in total. The Kier molecular flexibility index (Phi) is 4.30. The number of nitrogens with one attached hydrogen (secondary N) is 2. The van der Waals surface area contributed by atoms with Crippen LogP contribution in [0.4, 0.5) is 16.2 Å². The monoisotopic (exact) mass is 261 g/mol. The highest BCUT2D eigenvalue weighted by Crippen LogP contribution is 2.26. The average Bonchev–Trinajstić information content (AvgIpc) is 2.40. The van der Waals surface area contributed by atoms with Crippen LogP contribution in [0, 0.1) is 13.8 Å². The minimum absolute atomic E-state index is 0.146. The summed E-state index contributed by atoms with van der Waals surface area (Å²) >= 11 is 0. The topological polar surface area (TPSA) is 67.1 Å². The number of anilines is 2. The summed E-state index contributed by atoms with van der Waals surface area (Å²) in [7, 11) is 0. The first-order valence-electron chi connectivity index (χ1n) is 7.01. The molecule has 0 spiro atoms. The van der Waals surface area contributed by atoms with E-state index < -0.39 is 0 Å². The number of carbonyl (C=O) groups is 1. The maximum absolute atomic E-state index is 12.0. The molecule has 2 amide bonds. The van der Waals surface area contributed by atoms with Gasteiger partial charge in [0.2, 0.25) is 0 Å². The number of hydrogen-bond donors (Lipinski definition) is 3. The first kappa shape index (κ1) is 13.7. The summed E-state index contributed by atoms with van der Waals surface area (Å²) in [5, 5.41) is 5.93. The van der Waals surface area contributed by atoms with Gasteiger partial charge in [-0.3, -0.25) is 0 Å². The lowest BCUT2D eigenvalue weighted by Crippen LogP contribution is -2.39. The van der Waals surface area contributed by atoms with Gasteiger partial charge in [0.05, 0.1) is 11.4 Å². The lowest BCUT2D eigenvalue weighted by molar-refractivity contribution is 0.244. The van der Waals surface area contributed by atoms with E-state index in [1.807, 2.05) is 26.0 Å². The van der Waals surface area contributed by atoms with E-state index in [1.165, 1.54) is 19.3 Å². The highest BCUT2D eigenvalue weighted by Gasteiger charge is 2.16. The Hall–Kier alpha value is -1.71. The van der Waals surface area contributed by atoms with E-state index >= 15 is 0 Å². The third-order valence-corrected chi connectivity index (χ3v) is 3.95. The van der Waals surface area contributed by atoms with Gasteiger partial charge in [-0.05, 0) is 43.9 Å². The van der Waals surface area contributed by atoms with Crippen LogP contribution in [-0.2, 0) is 0 Å². The molecule has 0 saturated heterocycles. The summed E-state index contributed by atoms with van der Waals surface area (Å²) in [6.45, 7) is 3.99.